The summed E-state index contributed by atoms with van der Waals surface area (Å²) in [5.74, 6) is 0.978. The number of amides is 1. The van der Waals surface area contributed by atoms with Crippen molar-refractivity contribution in [1.82, 2.24) is 4.31 Å². The van der Waals surface area contributed by atoms with E-state index in [4.69, 9.17) is 14.2 Å². The van der Waals surface area contributed by atoms with Gasteiger partial charge in [0.15, 0.2) is 11.5 Å². The number of carbonyl (C=O) groups is 1. The summed E-state index contributed by atoms with van der Waals surface area (Å²) in [6.07, 6.45) is 2.93. The van der Waals surface area contributed by atoms with Gasteiger partial charge in [-0.3, -0.25) is 4.79 Å². The lowest BCUT2D eigenvalue weighted by Gasteiger charge is -2.14. The Bertz CT molecular complexity index is 1040. The number of benzene rings is 2. The Morgan fingerprint density at radius 1 is 1.00 bits per heavy atom. The number of nitrogens with zero attached hydrogens (tertiary/aromatic N) is 1. The van der Waals surface area contributed by atoms with Crippen LogP contribution >= 0.6 is 0 Å². The van der Waals surface area contributed by atoms with Crippen LogP contribution in [0.15, 0.2) is 41.3 Å². The zero-order valence-corrected chi connectivity index (χ0v) is 18.7. The van der Waals surface area contributed by atoms with Crippen LogP contribution in [-0.2, 0) is 14.8 Å². The highest BCUT2D eigenvalue weighted by atomic mass is 32.2. The molecule has 1 N–H and O–H groups in total. The second kappa shape index (κ2) is 9.64. The molecule has 0 aliphatic rings. The first-order chi connectivity index (χ1) is 14.1. The highest BCUT2D eigenvalue weighted by Crippen LogP contribution is 2.38. The normalized spacial score (nSPS) is 11.6. The number of nitrogens with one attached hydrogen (secondary N) is 1. The van der Waals surface area contributed by atoms with Crippen LogP contribution in [0.2, 0.25) is 0 Å². The average Bonchev–Trinajstić information content (AvgIpc) is 2.72. The molecular weight excluding hydrogens is 408 g/mol. The number of hydrogen-bond donors (Lipinski definition) is 1. The van der Waals surface area contributed by atoms with Crippen LogP contribution in [0.5, 0.6) is 17.2 Å². The second-order valence-electron chi connectivity index (χ2n) is 6.55. The summed E-state index contributed by atoms with van der Waals surface area (Å²) in [6, 6.07) is 8.01. The molecule has 2 aromatic carbocycles. The summed E-state index contributed by atoms with van der Waals surface area (Å²) in [5.41, 5.74) is 1.82. The number of hydrogen-bond acceptors (Lipinski definition) is 6. The molecule has 0 aromatic heterocycles. The number of sulfonamides is 1. The average molecular weight is 435 g/mol. The lowest BCUT2D eigenvalue weighted by molar-refractivity contribution is -0.111. The molecular formula is C21H26N2O6S. The largest absolute Gasteiger partial charge is 0.493 e. The van der Waals surface area contributed by atoms with Gasteiger partial charge < -0.3 is 19.5 Å². The number of rotatable bonds is 8. The number of anilines is 1. The lowest BCUT2D eigenvalue weighted by Crippen LogP contribution is -2.22. The Labute approximate surface area is 177 Å². The molecule has 0 radical (unpaired) electrons. The van der Waals surface area contributed by atoms with Gasteiger partial charge in [0.2, 0.25) is 21.7 Å². The van der Waals surface area contributed by atoms with Crippen LogP contribution in [0.1, 0.15) is 11.1 Å². The molecule has 8 nitrogen and oxygen atoms in total. The third-order valence-corrected chi connectivity index (χ3v) is 6.17. The summed E-state index contributed by atoms with van der Waals surface area (Å²) in [6.45, 7) is 1.78. The van der Waals surface area contributed by atoms with Gasteiger partial charge in [0.05, 0.1) is 26.2 Å². The van der Waals surface area contributed by atoms with Crippen molar-refractivity contribution in [1.29, 1.82) is 0 Å². The van der Waals surface area contributed by atoms with Crippen LogP contribution < -0.4 is 19.5 Å². The third-order valence-electron chi connectivity index (χ3n) is 4.36. The van der Waals surface area contributed by atoms with E-state index in [1.165, 1.54) is 53.6 Å². The van der Waals surface area contributed by atoms with E-state index in [2.05, 4.69) is 5.32 Å². The van der Waals surface area contributed by atoms with Crippen molar-refractivity contribution < 1.29 is 27.4 Å². The summed E-state index contributed by atoms with van der Waals surface area (Å²) in [7, 11) is 3.83. The fraction of sp³-hybridized carbons (Fsp3) is 0.286. The van der Waals surface area contributed by atoms with Crippen LogP contribution in [0.4, 0.5) is 5.69 Å². The van der Waals surface area contributed by atoms with Crippen molar-refractivity contribution in [3.8, 4) is 17.2 Å². The molecule has 0 aliphatic heterocycles. The molecule has 0 bridgehead atoms. The molecule has 0 fully saturated rings. The van der Waals surface area contributed by atoms with E-state index >= 15 is 0 Å². The Morgan fingerprint density at radius 3 is 2.10 bits per heavy atom. The smallest absolute Gasteiger partial charge is 0.248 e. The van der Waals surface area contributed by atoms with Crippen molar-refractivity contribution in [3.63, 3.8) is 0 Å². The van der Waals surface area contributed by atoms with Crippen molar-refractivity contribution in [2.75, 3.05) is 40.7 Å². The van der Waals surface area contributed by atoms with Gasteiger partial charge in [-0.2, -0.15) is 0 Å². The van der Waals surface area contributed by atoms with Crippen LogP contribution in [0.3, 0.4) is 0 Å². The van der Waals surface area contributed by atoms with E-state index in [-0.39, 0.29) is 4.90 Å². The Hall–Kier alpha value is -3.04. The highest BCUT2D eigenvalue weighted by Gasteiger charge is 2.18. The highest BCUT2D eigenvalue weighted by molar-refractivity contribution is 7.89. The molecule has 0 spiro atoms. The maximum absolute atomic E-state index is 12.4. The van der Waals surface area contributed by atoms with Gasteiger partial charge in [0.25, 0.3) is 0 Å². The molecule has 1 amide bonds. The summed E-state index contributed by atoms with van der Waals surface area (Å²) in [4.78, 5) is 12.5. The van der Waals surface area contributed by atoms with Gasteiger partial charge in [0, 0.05) is 25.9 Å². The number of ether oxygens (including phenoxy) is 3. The van der Waals surface area contributed by atoms with Gasteiger partial charge in [-0.05, 0) is 48.4 Å². The maximum Gasteiger partial charge on any atom is 0.248 e. The fourth-order valence-electron chi connectivity index (χ4n) is 2.65. The minimum absolute atomic E-state index is 0.0991. The molecule has 9 heteroatoms. The first-order valence-corrected chi connectivity index (χ1v) is 10.4. The predicted molar refractivity (Wildman–Crippen MR) is 116 cm³/mol. The molecule has 162 valence electrons. The molecule has 2 aromatic rings. The van der Waals surface area contributed by atoms with E-state index < -0.39 is 15.9 Å². The zero-order chi connectivity index (χ0) is 22.5. The van der Waals surface area contributed by atoms with Crippen molar-refractivity contribution in [2.45, 2.75) is 11.8 Å². The number of aryl methyl sites for hydroxylation is 1. The Kier molecular flexibility index (Phi) is 7.47. The zero-order valence-electron chi connectivity index (χ0n) is 17.8. The van der Waals surface area contributed by atoms with Gasteiger partial charge in [-0.25, -0.2) is 12.7 Å². The van der Waals surface area contributed by atoms with Crippen LogP contribution in [0.25, 0.3) is 6.08 Å². The molecule has 0 saturated carbocycles. The van der Waals surface area contributed by atoms with E-state index in [9.17, 15) is 13.2 Å². The van der Waals surface area contributed by atoms with Gasteiger partial charge in [0.1, 0.15) is 0 Å². The van der Waals surface area contributed by atoms with E-state index in [0.717, 1.165) is 9.87 Å². The van der Waals surface area contributed by atoms with Crippen LogP contribution in [-0.4, -0.2) is 54.1 Å². The van der Waals surface area contributed by atoms with Gasteiger partial charge >= 0.3 is 0 Å². The third kappa shape index (κ3) is 5.11. The molecule has 0 unspecified atom stereocenters. The molecule has 2 rings (SSSR count). The first kappa shape index (κ1) is 23.2. The van der Waals surface area contributed by atoms with Crippen molar-refractivity contribution >= 4 is 27.7 Å². The van der Waals surface area contributed by atoms with Crippen molar-refractivity contribution in [3.05, 3.63) is 47.5 Å². The SMILES string of the molecule is COc1cc(C=CC(=O)Nc2cc(S(=O)(=O)N(C)C)ccc2C)cc(OC)c1OC. The first-order valence-electron chi connectivity index (χ1n) is 8.96. The number of carbonyl (C=O) groups excluding carboxylic acids is 1. The monoisotopic (exact) mass is 434 g/mol. The topological polar surface area (TPSA) is 94.2 Å². The van der Waals surface area contributed by atoms with E-state index in [1.54, 1.807) is 31.2 Å². The molecule has 0 saturated heterocycles. The maximum atomic E-state index is 12.4. The van der Waals surface area contributed by atoms with E-state index in [0.29, 0.717) is 28.5 Å². The summed E-state index contributed by atoms with van der Waals surface area (Å²) >= 11 is 0. The van der Waals surface area contributed by atoms with Gasteiger partial charge in [-0.15, -0.1) is 0 Å². The quantitative estimate of drug-likeness (QED) is 0.642. The van der Waals surface area contributed by atoms with Gasteiger partial charge in [-0.1, -0.05) is 6.07 Å². The van der Waals surface area contributed by atoms with Crippen molar-refractivity contribution in [2.24, 2.45) is 0 Å². The Morgan fingerprint density at radius 2 is 1.60 bits per heavy atom. The van der Waals surface area contributed by atoms with E-state index in [1.807, 2.05) is 0 Å². The predicted octanol–water partition coefficient (Wildman–Crippen LogP) is 2.92. The minimum atomic E-state index is -3.60. The molecule has 0 atom stereocenters. The summed E-state index contributed by atoms with van der Waals surface area (Å²) < 4.78 is 41.7. The standard InChI is InChI=1S/C21H26N2O6S/c1-14-7-9-16(30(25,26)23(2)3)13-17(14)22-20(24)10-8-15-11-18(27-4)21(29-6)19(12-15)28-5/h7-13H,1-6H3,(H,22,24). The lowest BCUT2D eigenvalue weighted by atomic mass is 10.1. The van der Waals surface area contributed by atoms with Crippen LogP contribution in [0, 0.1) is 6.92 Å². The minimum Gasteiger partial charge on any atom is -0.493 e. The molecule has 0 heterocycles. The molecule has 0 aliphatic carbocycles. The fourth-order valence-corrected chi connectivity index (χ4v) is 3.58. The summed E-state index contributed by atoms with van der Waals surface area (Å²) in [5, 5.41) is 2.72. The number of methoxy groups -OCH3 is 3. The second-order valence-corrected chi connectivity index (χ2v) is 8.70. The molecule has 30 heavy (non-hydrogen) atoms. The Balaban J connectivity index is 2.27.